The molecule has 0 aromatic rings. The fourth-order valence-electron chi connectivity index (χ4n) is 1.10. The SMILES string of the molecule is CC(C)CCNCCOCCOC(C)C. The summed E-state index contributed by atoms with van der Waals surface area (Å²) in [5, 5.41) is 3.35. The monoisotopic (exact) mass is 217 g/mol. The second-order valence-corrected chi connectivity index (χ2v) is 4.46. The van der Waals surface area contributed by atoms with E-state index in [1.54, 1.807) is 0 Å². The van der Waals surface area contributed by atoms with E-state index in [-0.39, 0.29) is 0 Å². The van der Waals surface area contributed by atoms with Crippen LogP contribution in [0.4, 0.5) is 0 Å². The summed E-state index contributed by atoms with van der Waals surface area (Å²) in [6.45, 7) is 12.7. The van der Waals surface area contributed by atoms with Crippen LogP contribution in [0.25, 0.3) is 0 Å². The van der Waals surface area contributed by atoms with Crippen LogP contribution in [-0.2, 0) is 9.47 Å². The molecule has 3 heteroatoms. The smallest absolute Gasteiger partial charge is 0.0703 e. The van der Waals surface area contributed by atoms with E-state index in [0.29, 0.717) is 19.3 Å². The van der Waals surface area contributed by atoms with Gasteiger partial charge in [-0.05, 0) is 32.7 Å². The Morgan fingerprint density at radius 1 is 0.933 bits per heavy atom. The minimum absolute atomic E-state index is 0.303. The van der Waals surface area contributed by atoms with Gasteiger partial charge in [-0.15, -0.1) is 0 Å². The minimum Gasteiger partial charge on any atom is -0.378 e. The predicted molar refractivity (Wildman–Crippen MR) is 64.2 cm³/mol. The topological polar surface area (TPSA) is 30.5 Å². The molecule has 0 aliphatic carbocycles. The molecule has 0 saturated carbocycles. The average Bonchev–Trinajstić information content (AvgIpc) is 2.14. The van der Waals surface area contributed by atoms with Gasteiger partial charge in [0.15, 0.2) is 0 Å². The minimum atomic E-state index is 0.303. The molecule has 0 aliphatic heterocycles. The Hall–Kier alpha value is -0.120. The van der Waals surface area contributed by atoms with Crippen molar-refractivity contribution < 1.29 is 9.47 Å². The van der Waals surface area contributed by atoms with Crippen molar-refractivity contribution in [3.05, 3.63) is 0 Å². The molecular formula is C12H27NO2. The van der Waals surface area contributed by atoms with Gasteiger partial charge in [-0.25, -0.2) is 0 Å². The maximum Gasteiger partial charge on any atom is 0.0703 e. The van der Waals surface area contributed by atoms with E-state index in [2.05, 4.69) is 19.2 Å². The number of rotatable bonds is 10. The molecule has 0 amide bonds. The molecular weight excluding hydrogens is 190 g/mol. The Balaban J connectivity index is 2.93. The molecule has 15 heavy (non-hydrogen) atoms. The van der Waals surface area contributed by atoms with Crippen molar-refractivity contribution in [3.8, 4) is 0 Å². The second kappa shape index (κ2) is 10.4. The van der Waals surface area contributed by atoms with Crippen molar-refractivity contribution in [1.29, 1.82) is 0 Å². The van der Waals surface area contributed by atoms with E-state index >= 15 is 0 Å². The van der Waals surface area contributed by atoms with Crippen LogP contribution in [0.3, 0.4) is 0 Å². The van der Waals surface area contributed by atoms with Gasteiger partial charge in [0.25, 0.3) is 0 Å². The molecule has 0 saturated heterocycles. The van der Waals surface area contributed by atoms with Crippen LogP contribution in [0.1, 0.15) is 34.1 Å². The second-order valence-electron chi connectivity index (χ2n) is 4.46. The van der Waals surface area contributed by atoms with Crippen molar-refractivity contribution in [1.82, 2.24) is 5.32 Å². The Morgan fingerprint density at radius 3 is 2.27 bits per heavy atom. The van der Waals surface area contributed by atoms with E-state index in [9.17, 15) is 0 Å². The van der Waals surface area contributed by atoms with Crippen LogP contribution < -0.4 is 5.32 Å². The average molecular weight is 217 g/mol. The molecule has 0 spiro atoms. The largest absolute Gasteiger partial charge is 0.378 e. The zero-order valence-corrected chi connectivity index (χ0v) is 10.7. The normalized spacial score (nSPS) is 11.6. The third kappa shape index (κ3) is 13.9. The molecule has 0 heterocycles. The lowest BCUT2D eigenvalue weighted by Crippen LogP contribution is -2.22. The molecule has 1 N–H and O–H groups in total. The van der Waals surface area contributed by atoms with Gasteiger partial charge in [0.2, 0.25) is 0 Å². The summed E-state index contributed by atoms with van der Waals surface area (Å²) in [5.74, 6) is 0.776. The van der Waals surface area contributed by atoms with Gasteiger partial charge in [0, 0.05) is 6.54 Å². The molecule has 0 fully saturated rings. The van der Waals surface area contributed by atoms with Crippen LogP contribution >= 0.6 is 0 Å². The first kappa shape index (κ1) is 14.9. The predicted octanol–water partition coefficient (Wildman–Crippen LogP) is 2.06. The van der Waals surface area contributed by atoms with Gasteiger partial charge >= 0.3 is 0 Å². The number of hydrogen-bond donors (Lipinski definition) is 1. The third-order valence-corrected chi connectivity index (χ3v) is 2.00. The van der Waals surface area contributed by atoms with Gasteiger partial charge in [0.1, 0.15) is 0 Å². The van der Waals surface area contributed by atoms with Crippen LogP contribution in [-0.4, -0.2) is 39.0 Å². The van der Waals surface area contributed by atoms with Gasteiger partial charge in [0.05, 0.1) is 25.9 Å². The van der Waals surface area contributed by atoms with Crippen LogP contribution in [0.2, 0.25) is 0 Å². The van der Waals surface area contributed by atoms with Gasteiger partial charge in [-0.2, -0.15) is 0 Å². The summed E-state index contributed by atoms with van der Waals surface area (Å²) >= 11 is 0. The first-order valence-electron chi connectivity index (χ1n) is 6.03. The summed E-state index contributed by atoms with van der Waals surface area (Å²) < 4.78 is 10.8. The molecule has 3 nitrogen and oxygen atoms in total. The molecule has 0 aliphatic rings. The molecule has 0 radical (unpaired) electrons. The Bertz CT molecular complexity index is 113. The molecule has 0 bridgehead atoms. The molecule has 0 unspecified atom stereocenters. The summed E-state index contributed by atoms with van der Waals surface area (Å²) in [6, 6.07) is 0. The number of hydrogen-bond acceptors (Lipinski definition) is 3. The maximum absolute atomic E-state index is 5.40. The lowest BCUT2D eigenvalue weighted by atomic mass is 10.1. The van der Waals surface area contributed by atoms with Crippen molar-refractivity contribution in [2.45, 2.75) is 40.2 Å². The summed E-state index contributed by atoms with van der Waals surface area (Å²) in [5.41, 5.74) is 0. The van der Waals surface area contributed by atoms with Crippen molar-refractivity contribution in [2.24, 2.45) is 5.92 Å². The van der Waals surface area contributed by atoms with E-state index in [4.69, 9.17) is 9.47 Å². The standard InChI is InChI=1S/C12H27NO2/c1-11(2)5-6-13-7-8-14-9-10-15-12(3)4/h11-13H,5-10H2,1-4H3. The highest BCUT2D eigenvalue weighted by molar-refractivity contribution is 4.50. The first-order chi connectivity index (χ1) is 7.13. The Kier molecular flexibility index (Phi) is 10.3. The highest BCUT2D eigenvalue weighted by Crippen LogP contribution is 1.95. The summed E-state index contributed by atoms with van der Waals surface area (Å²) in [6.07, 6.45) is 1.54. The fourth-order valence-corrected chi connectivity index (χ4v) is 1.10. The van der Waals surface area contributed by atoms with Crippen LogP contribution in [0.15, 0.2) is 0 Å². The number of nitrogens with one attached hydrogen (secondary N) is 1. The van der Waals surface area contributed by atoms with Crippen LogP contribution in [0.5, 0.6) is 0 Å². The van der Waals surface area contributed by atoms with Crippen molar-refractivity contribution in [3.63, 3.8) is 0 Å². The maximum atomic E-state index is 5.40. The number of ether oxygens (including phenoxy) is 2. The quantitative estimate of drug-likeness (QED) is 0.568. The van der Waals surface area contributed by atoms with Crippen molar-refractivity contribution in [2.75, 3.05) is 32.9 Å². The van der Waals surface area contributed by atoms with Gasteiger partial charge in [-0.3, -0.25) is 0 Å². The fraction of sp³-hybridized carbons (Fsp3) is 1.00. The molecule has 0 aromatic heterocycles. The van der Waals surface area contributed by atoms with E-state index < -0.39 is 0 Å². The van der Waals surface area contributed by atoms with E-state index in [1.807, 2.05) is 13.8 Å². The van der Waals surface area contributed by atoms with E-state index in [1.165, 1.54) is 6.42 Å². The summed E-state index contributed by atoms with van der Waals surface area (Å²) in [4.78, 5) is 0. The van der Waals surface area contributed by atoms with Gasteiger partial charge in [-0.1, -0.05) is 13.8 Å². The molecule has 0 rings (SSSR count). The lowest BCUT2D eigenvalue weighted by molar-refractivity contribution is 0.0204. The first-order valence-corrected chi connectivity index (χ1v) is 6.03. The Labute approximate surface area is 94.5 Å². The zero-order valence-electron chi connectivity index (χ0n) is 10.7. The van der Waals surface area contributed by atoms with Gasteiger partial charge < -0.3 is 14.8 Å². The van der Waals surface area contributed by atoms with E-state index in [0.717, 1.165) is 25.6 Å². The lowest BCUT2D eigenvalue weighted by Gasteiger charge is -2.09. The highest BCUT2D eigenvalue weighted by Gasteiger charge is 1.94. The molecule has 0 atom stereocenters. The third-order valence-electron chi connectivity index (χ3n) is 2.00. The molecule has 0 aromatic carbocycles. The Morgan fingerprint density at radius 2 is 1.67 bits per heavy atom. The highest BCUT2D eigenvalue weighted by atomic mass is 16.5. The molecule has 92 valence electrons. The van der Waals surface area contributed by atoms with Crippen LogP contribution in [0, 0.1) is 5.92 Å². The zero-order chi connectivity index (χ0) is 11.5. The summed E-state index contributed by atoms with van der Waals surface area (Å²) in [7, 11) is 0. The van der Waals surface area contributed by atoms with Crippen molar-refractivity contribution >= 4 is 0 Å².